The highest BCUT2D eigenvalue weighted by molar-refractivity contribution is 5.78. The number of para-hydroxylation sites is 1. The minimum Gasteiger partial charge on any atom is -0.347 e. The number of aromatic nitrogens is 1. The summed E-state index contributed by atoms with van der Waals surface area (Å²) in [6.07, 6.45) is 2.56. The van der Waals surface area contributed by atoms with Gasteiger partial charge in [-0.05, 0) is 32.4 Å². The van der Waals surface area contributed by atoms with Crippen LogP contribution in [0.4, 0.5) is 0 Å². The SMILES string of the molecule is CC(C)(C#N)CCn1ccc(=O)c2ccccc21. The molecule has 0 amide bonds. The molecule has 0 saturated heterocycles. The molecule has 3 heteroatoms. The van der Waals surface area contributed by atoms with Crippen LogP contribution in [0.5, 0.6) is 0 Å². The van der Waals surface area contributed by atoms with Crippen LogP contribution in [0.25, 0.3) is 10.9 Å². The molecule has 18 heavy (non-hydrogen) atoms. The molecule has 3 nitrogen and oxygen atoms in total. The Kier molecular flexibility index (Phi) is 3.20. The summed E-state index contributed by atoms with van der Waals surface area (Å²) in [7, 11) is 0. The molecule has 0 aliphatic carbocycles. The summed E-state index contributed by atoms with van der Waals surface area (Å²) in [4.78, 5) is 11.7. The van der Waals surface area contributed by atoms with E-state index in [1.165, 1.54) is 0 Å². The van der Waals surface area contributed by atoms with Gasteiger partial charge < -0.3 is 4.57 Å². The summed E-state index contributed by atoms with van der Waals surface area (Å²) in [6, 6.07) is 11.5. The fourth-order valence-electron chi connectivity index (χ4n) is 1.91. The lowest BCUT2D eigenvalue weighted by Gasteiger charge is -2.17. The minimum atomic E-state index is -0.343. The number of hydrogen-bond donors (Lipinski definition) is 0. The van der Waals surface area contributed by atoms with E-state index in [0.29, 0.717) is 0 Å². The molecule has 0 unspecified atom stereocenters. The molecule has 2 rings (SSSR count). The predicted octanol–water partition coefficient (Wildman–Crippen LogP) is 2.94. The third-order valence-electron chi connectivity index (χ3n) is 3.17. The van der Waals surface area contributed by atoms with Crippen molar-refractivity contribution in [3.05, 3.63) is 46.8 Å². The molecule has 0 N–H and O–H groups in total. The fourth-order valence-corrected chi connectivity index (χ4v) is 1.91. The Hall–Kier alpha value is -2.08. The normalized spacial score (nSPS) is 11.4. The highest BCUT2D eigenvalue weighted by Gasteiger charge is 2.16. The summed E-state index contributed by atoms with van der Waals surface area (Å²) in [5.74, 6) is 0. The van der Waals surface area contributed by atoms with Crippen LogP contribution < -0.4 is 5.43 Å². The summed E-state index contributed by atoms with van der Waals surface area (Å²) in [5, 5.41) is 9.75. The molecule has 1 aromatic carbocycles. The minimum absolute atomic E-state index is 0.0430. The first-order valence-electron chi connectivity index (χ1n) is 6.03. The van der Waals surface area contributed by atoms with Crippen LogP contribution >= 0.6 is 0 Å². The van der Waals surface area contributed by atoms with E-state index >= 15 is 0 Å². The third-order valence-corrected chi connectivity index (χ3v) is 3.17. The monoisotopic (exact) mass is 240 g/mol. The van der Waals surface area contributed by atoms with Gasteiger partial charge in [-0.15, -0.1) is 0 Å². The zero-order valence-electron chi connectivity index (χ0n) is 10.7. The van der Waals surface area contributed by atoms with Crippen LogP contribution in [-0.4, -0.2) is 4.57 Å². The highest BCUT2D eigenvalue weighted by atomic mass is 16.1. The Balaban J connectivity index is 2.39. The van der Waals surface area contributed by atoms with Crippen LogP contribution in [-0.2, 0) is 6.54 Å². The van der Waals surface area contributed by atoms with E-state index in [4.69, 9.17) is 5.26 Å². The molecule has 0 spiro atoms. The number of pyridine rings is 1. The molecule has 0 fully saturated rings. The van der Waals surface area contributed by atoms with Crippen molar-refractivity contribution < 1.29 is 0 Å². The second-order valence-corrected chi connectivity index (χ2v) is 5.14. The number of benzene rings is 1. The molecule has 1 heterocycles. The van der Waals surface area contributed by atoms with E-state index in [1.807, 2.05) is 42.7 Å². The molecule has 0 aliphatic rings. The molecular weight excluding hydrogens is 224 g/mol. The number of nitriles is 1. The van der Waals surface area contributed by atoms with Crippen molar-refractivity contribution in [2.75, 3.05) is 0 Å². The number of rotatable bonds is 3. The Labute approximate surface area is 106 Å². The predicted molar refractivity (Wildman–Crippen MR) is 72.2 cm³/mol. The van der Waals surface area contributed by atoms with Crippen molar-refractivity contribution in [2.45, 2.75) is 26.8 Å². The van der Waals surface area contributed by atoms with Gasteiger partial charge in [0.1, 0.15) is 0 Å². The average Bonchev–Trinajstić information content (AvgIpc) is 2.38. The van der Waals surface area contributed by atoms with E-state index < -0.39 is 0 Å². The lowest BCUT2D eigenvalue weighted by Crippen LogP contribution is -2.14. The Morgan fingerprint density at radius 2 is 2.00 bits per heavy atom. The van der Waals surface area contributed by atoms with E-state index in [-0.39, 0.29) is 10.8 Å². The highest BCUT2D eigenvalue weighted by Crippen LogP contribution is 2.20. The maximum absolute atomic E-state index is 11.7. The Morgan fingerprint density at radius 3 is 2.72 bits per heavy atom. The van der Waals surface area contributed by atoms with Crippen LogP contribution in [0.2, 0.25) is 0 Å². The van der Waals surface area contributed by atoms with Gasteiger partial charge >= 0.3 is 0 Å². The third kappa shape index (κ3) is 2.43. The van der Waals surface area contributed by atoms with Gasteiger partial charge in [0.25, 0.3) is 0 Å². The number of aryl methyl sites for hydroxylation is 1. The quantitative estimate of drug-likeness (QED) is 0.828. The average molecular weight is 240 g/mol. The largest absolute Gasteiger partial charge is 0.347 e. The molecule has 1 aromatic heterocycles. The summed E-state index contributed by atoms with van der Waals surface area (Å²) < 4.78 is 2.04. The molecule has 0 bridgehead atoms. The first-order chi connectivity index (χ1) is 8.53. The summed E-state index contributed by atoms with van der Waals surface area (Å²) in [6.45, 7) is 4.59. The lowest BCUT2D eigenvalue weighted by molar-refractivity contribution is 0.417. The van der Waals surface area contributed by atoms with Gasteiger partial charge in [-0.1, -0.05) is 12.1 Å². The van der Waals surface area contributed by atoms with Gasteiger partial charge in [0.2, 0.25) is 0 Å². The maximum Gasteiger partial charge on any atom is 0.189 e. The zero-order chi connectivity index (χ0) is 13.2. The van der Waals surface area contributed by atoms with Crippen LogP contribution in [0.1, 0.15) is 20.3 Å². The van der Waals surface area contributed by atoms with E-state index in [9.17, 15) is 4.79 Å². The first-order valence-corrected chi connectivity index (χ1v) is 6.03. The van der Waals surface area contributed by atoms with Crippen molar-refractivity contribution in [1.82, 2.24) is 4.57 Å². The number of fused-ring (bicyclic) bond motifs is 1. The van der Waals surface area contributed by atoms with Crippen molar-refractivity contribution >= 4 is 10.9 Å². The van der Waals surface area contributed by atoms with Crippen LogP contribution in [0.15, 0.2) is 41.3 Å². The van der Waals surface area contributed by atoms with Gasteiger partial charge in [-0.25, -0.2) is 0 Å². The maximum atomic E-state index is 11.7. The number of hydrogen-bond acceptors (Lipinski definition) is 2. The standard InChI is InChI=1S/C15H16N2O/c1-15(2,11-16)8-10-17-9-7-14(18)12-5-3-4-6-13(12)17/h3-7,9H,8,10H2,1-2H3. The summed E-state index contributed by atoms with van der Waals surface area (Å²) in [5.41, 5.74) is 0.629. The molecular formula is C15H16N2O. The van der Waals surface area contributed by atoms with Crippen LogP contribution in [0, 0.1) is 16.7 Å². The van der Waals surface area contributed by atoms with Crippen molar-refractivity contribution in [3.63, 3.8) is 0 Å². The fraction of sp³-hybridized carbons (Fsp3) is 0.333. The second-order valence-electron chi connectivity index (χ2n) is 5.14. The van der Waals surface area contributed by atoms with Crippen molar-refractivity contribution in [2.24, 2.45) is 5.41 Å². The second kappa shape index (κ2) is 4.66. The Bertz CT molecular complexity index is 662. The Morgan fingerprint density at radius 1 is 1.28 bits per heavy atom. The van der Waals surface area contributed by atoms with Gasteiger partial charge in [0.05, 0.1) is 17.0 Å². The molecule has 0 atom stereocenters. The van der Waals surface area contributed by atoms with Crippen LogP contribution in [0.3, 0.4) is 0 Å². The van der Waals surface area contributed by atoms with Crippen molar-refractivity contribution in [3.8, 4) is 6.07 Å². The van der Waals surface area contributed by atoms with Gasteiger partial charge in [0, 0.05) is 24.2 Å². The number of nitrogens with zero attached hydrogens (tertiary/aromatic N) is 2. The van der Waals surface area contributed by atoms with Crippen molar-refractivity contribution in [1.29, 1.82) is 5.26 Å². The summed E-state index contributed by atoms with van der Waals surface area (Å²) >= 11 is 0. The molecule has 0 aliphatic heterocycles. The lowest BCUT2D eigenvalue weighted by atomic mass is 9.91. The zero-order valence-corrected chi connectivity index (χ0v) is 10.7. The van der Waals surface area contributed by atoms with Gasteiger partial charge in [0.15, 0.2) is 5.43 Å². The van der Waals surface area contributed by atoms with Gasteiger partial charge in [-0.3, -0.25) is 4.79 Å². The molecule has 0 radical (unpaired) electrons. The molecule has 2 aromatic rings. The molecule has 92 valence electrons. The molecule has 0 saturated carbocycles. The van der Waals surface area contributed by atoms with E-state index in [1.54, 1.807) is 12.3 Å². The van der Waals surface area contributed by atoms with E-state index in [0.717, 1.165) is 23.9 Å². The first kappa shape index (κ1) is 12.4. The topological polar surface area (TPSA) is 45.8 Å². The van der Waals surface area contributed by atoms with Gasteiger partial charge in [-0.2, -0.15) is 5.26 Å². The van der Waals surface area contributed by atoms with E-state index in [2.05, 4.69) is 6.07 Å². The smallest absolute Gasteiger partial charge is 0.189 e.